The van der Waals surface area contributed by atoms with Crippen LogP contribution in [0.4, 0.5) is 0 Å². The molecule has 1 rings (SSSR count). The van der Waals surface area contributed by atoms with Gasteiger partial charge < -0.3 is 0 Å². The van der Waals surface area contributed by atoms with E-state index in [0.717, 1.165) is 0 Å². The summed E-state index contributed by atoms with van der Waals surface area (Å²) in [6.07, 6.45) is 0. The second-order valence-electron chi connectivity index (χ2n) is 4.10. The van der Waals surface area contributed by atoms with Crippen molar-refractivity contribution in [2.75, 3.05) is 59.4 Å². The first-order chi connectivity index (χ1) is 9.41. The summed E-state index contributed by atoms with van der Waals surface area (Å²) in [6.45, 7) is 4.60. The highest BCUT2D eigenvalue weighted by molar-refractivity contribution is 9.00. The van der Waals surface area contributed by atoms with Crippen LogP contribution in [0.15, 0.2) is 0 Å². The van der Waals surface area contributed by atoms with Crippen molar-refractivity contribution >= 4 is 102 Å². The predicted octanol–water partition coefficient (Wildman–Crippen LogP) is 6.28. The molecule has 0 spiro atoms. The Morgan fingerprint density at radius 2 is 0.800 bits per heavy atom. The molecule has 0 nitrogen and oxygen atoms in total. The first-order valence-corrected chi connectivity index (χ1v) is 21.5. The molecule has 0 radical (unpaired) electrons. The van der Waals surface area contributed by atoms with Gasteiger partial charge in [-0.1, -0.05) is 23.6 Å². The van der Waals surface area contributed by atoms with Gasteiger partial charge in [0.2, 0.25) is 0 Å². The molecule has 1 aliphatic rings. The molecule has 0 aromatic carbocycles. The Hall–Kier alpha value is 3.40. The molecule has 0 amide bonds. The minimum absolute atomic E-state index is 1.19. The maximum Gasteiger partial charge on any atom is 0.0543 e. The lowest BCUT2D eigenvalue weighted by Crippen LogP contribution is -1.92. The van der Waals surface area contributed by atoms with E-state index in [0.29, 0.717) is 0 Å². The van der Waals surface area contributed by atoms with Gasteiger partial charge in [-0.05, 0) is 13.3 Å². The molecule has 20 heavy (non-hydrogen) atoms. The summed E-state index contributed by atoms with van der Waals surface area (Å²) in [4.78, 5) is 0. The van der Waals surface area contributed by atoms with Crippen LogP contribution in [0.2, 0.25) is 0 Å². The van der Waals surface area contributed by atoms with Crippen LogP contribution in [-0.2, 0) is 23.6 Å². The largest absolute Gasteiger partial charge is 0.160 e. The summed E-state index contributed by atoms with van der Waals surface area (Å²) >= 11 is 23.9. The Labute approximate surface area is 159 Å². The lowest BCUT2D eigenvalue weighted by molar-refractivity contribution is 1.50. The molecule has 1 saturated heterocycles. The van der Waals surface area contributed by atoms with Crippen LogP contribution in [0, 0.1) is 0 Å². The third-order valence-electron chi connectivity index (χ3n) is 2.21. The molecule has 0 unspecified atom stereocenters. The van der Waals surface area contributed by atoms with Crippen LogP contribution >= 0.6 is 77.9 Å². The number of hydrogen-bond donors (Lipinski definition) is 0. The van der Waals surface area contributed by atoms with Crippen LogP contribution in [-0.4, -0.2) is 59.4 Å². The first-order valence-electron chi connectivity index (χ1n) is 6.30. The summed E-state index contributed by atoms with van der Waals surface area (Å²) < 4.78 is -2.37. The van der Waals surface area contributed by atoms with E-state index in [-0.39, 0.29) is 0 Å². The van der Waals surface area contributed by atoms with Crippen molar-refractivity contribution in [2.24, 2.45) is 0 Å². The highest BCUT2D eigenvalue weighted by atomic mass is 33.2. The summed E-state index contributed by atoms with van der Waals surface area (Å²) in [5.74, 6) is 9.85. The van der Waals surface area contributed by atoms with E-state index >= 15 is 0 Å². The summed E-state index contributed by atoms with van der Waals surface area (Å²) in [7, 11) is 0. The average molecular weight is 461 g/mol. The first kappa shape index (κ1) is 21.4. The predicted molar refractivity (Wildman–Crippen MR) is 125 cm³/mol. The standard InChI is InChI=1S/C10H22P2S8/c1-11(13)17-7-3-15-5-9-19-12(2,14)20-10-6-16-4-8-18-11/h3-10H2,1-2H3. The van der Waals surface area contributed by atoms with E-state index in [1.54, 1.807) is 0 Å². The number of hydrogen-bond acceptors (Lipinski definition) is 8. The van der Waals surface area contributed by atoms with Crippen molar-refractivity contribution in [1.82, 2.24) is 0 Å². The van der Waals surface area contributed by atoms with Crippen LogP contribution in [0.3, 0.4) is 0 Å². The third-order valence-corrected chi connectivity index (χ3v) is 24.1. The molecule has 0 atom stereocenters. The Kier molecular flexibility index (Phi) is 12.7. The second kappa shape index (κ2) is 11.9. The highest BCUT2D eigenvalue weighted by Crippen LogP contribution is 2.67. The fourth-order valence-electron chi connectivity index (χ4n) is 1.33. The fourth-order valence-corrected chi connectivity index (χ4v) is 20.1. The topological polar surface area (TPSA) is 0 Å². The monoisotopic (exact) mass is 460 g/mol. The van der Waals surface area contributed by atoms with Gasteiger partial charge in [0.1, 0.15) is 0 Å². The zero-order valence-electron chi connectivity index (χ0n) is 11.8. The van der Waals surface area contributed by atoms with Gasteiger partial charge in [-0.3, -0.25) is 0 Å². The van der Waals surface area contributed by atoms with Gasteiger partial charge in [-0.25, -0.2) is 0 Å². The van der Waals surface area contributed by atoms with Gasteiger partial charge in [0.25, 0.3) is 0 Å². The Bertz CT molecular complexity index is 303. The van der Waals surface area contributed by atoms with Crippen LogP contribution < -0.4 is 0 Å². The van der Waals surface area contributed by atoms with E-state index < -0.39 is 8.88 Å². The summed E-state index contributed by atoms with van der Waals surface area (Å²) in [5, 5.41) is 0. The molecule has 10 heteroatoms. The molecule has 1 aliphatic heterocycles. The molecular weight excluding hydrogens is 439 g/mol. The maximum atomic E-state index is 5.76. The van der Waals surface area contributed by atoms with Crippen molar-refractivity contribution in [3.63, 3.8) is 0 Å². The molecular formula is C10H22P2S8. The highest BCUT2D eigenvalue weighted by Gasteiger charge is 2.13. The Balaban J connectivity index is 2.38. The molecule has 0 saturated carbocycles. The summed E-state index contributed by atoms with van der Waals surface area (Å²) in [5.41, 5.74) is 0. The second-order valence-corrected chi connectivity index (χ2v) is 32.7. The average Bonchev–Trinajstić information content (AvgIpc) is 2.35. The molecule has 1 heterocycles. The lowest BCUT2D eigenvalue weighted by atomic mass is 10.9. The molecule has 0 bridgehead atoms. The van der Waals surface area contributed by atoms with Gasteiger partial charge in [0.15, 0.2) is 0 Å². The molecule has 0 aromatic heterocycles. The fraction of sp³-hybridized carbons (Fsp3) is 1.00. The van der Waals surface area contributed by atoms with Crippen molar-refractivity contribution in [1.29, 1.82) is 0 Å². The molecule has 0 N–H and O–H groups in total. The zero-order chi connectivity index (χ0) is 14.9. The molecule has 120 valence electrons. The van der Waals surface area contributed by atoms with Gasteiger partial charge in [0, 0.05) is 46.0 Å². The van der Waals surface area contributed by atoms with Crippen LogP contribution in [0.25, 0.3) is 0 Å². The quantitative estimate of drug-likeness (QED) is 0.383. The minimum Gasteiger partial charge on any atom is -0.160 e. The zero-order valence-corrected chi connectivity index (χ0v) is 20.1. The molecule has 1 fully saturated rings. The third kappa shape index (κ3) is 11.9. The van der Waals surface area contributed by atoms with Crippen LogP contribution in [0.5, 0.6) is 0 Å². The normalized spacial score (nSPS) is 36.5. The van der Waals surface area contributed by atoms with E-state index in [1.165, 1.54) is 46.0 Å². The van der Waals surface area contributed by atoms with Crippen molar-refractivity contribution < 1.29 is 0 Å². The minimum atomic E-state index is -1.19. The number of rotatable bonds is 0. The Morgan fingerprint density at radius 3 is 1.05 bits per heavy atom. The summed E-state index contributed by atoms with van der Waals surface area (Å²) in [6, 6.07) is 0. The van der Waals surface area contributed by atoms with Crippen molar-refractivity contribution in [2.45, 2.75) is 0 Å². The van der Waals surface area contributed by atoms with Crippen LogP contribution in [0.1, 0.15) is 0 Å². The smallest absolute Gasteiger partial charge is 0.0543 e. The van der Waals surface area contributed by atoms with E-state index in [2.05, 4.69) is 36.9 Å². The van der Waals surface area contributed by atoms with E-state index in [9.17, 15) is 0 Å². The van der Waals surface area contributed by atoms with Gasteiger partial charge in [-0.15, -0.1) is 45.5 Å². The van der Waals surface area contributed by atoms with Gasteiger partial charge in [-0.2, -0.15) is 23.5 Å². The SMILES string of the molecule is CP1(=S)SCCSCCSP(C)(=S)SCCSCCS1. The lowest BCUT2D eigenvalue weighted by Gasteiger charge is -2.17. The van der Waals surface area contributed by atoms with Crippen molar-refractivity contribution in [3.05, 3.63) is 0 Å². The van der Waals surface area contributed by atoms with E-state index in [1.807, 2.05) is 45.5 Å². The molecule has 0 aromatic rings. The number of thioether (sulfide) groups is 2. The van der Waals surface area contributed by atoms with Gasteiger partial charge >= 0.3 is 0 Å². The van der Waals surface area contributed by atoms with E-state index in [4.69, 9.17) is 23.6 Å². The maximum absolute atomic E-state index is 5.76. The Morgan fingerprint density at radius 1 is 0.550 bits per heavy atom. The van der Waals surface area contributed by atoms with Crippen molar-refractivity contribution in [3.8, 4) is 0 Å². The van der Waals surface area contributed by atoms with Gasteiger partial charge in [0.05, 0.1) is 8.88 Å². The molecule has 0 aliphatic carbocycles.